The zero-order valence-corrected chi connectivity index (χ0v) is 9.91. The number of anilines is 1. The number of hydrogen-bond donors (Lipinski definition) is 2. The van der Waals surface area contributed by atoms with Crippen molar-refractivity contribution in [1.29, 1.82) is 0 Å². The van der Waals surface area contributed by atoms with Crippen LogP contribution in [0.3, 0.4) is 0 Å². The molecule has 2 aromatic carbocycles. The van der Waals surface area contributed by atoms with E-state index in [1.165, 1.54) is 6.07 Å². The lowest BCUT2D eigenvalue weighted by molar-refractivity contribution is 0.0996. The standard InChI is InChI=1S/C14H13FN2O/c1-8-7-10(14(17)18)12(15)11(13(8)16)9-5-3-2-4-6-9/h2-7H,16H2,1H3,(H2,17,18). The summed E-state index contributed by atoms with van der Waals surface area (Å²) in [5, 5.41) is 0. The minimum atomic E-state index is -0.798. The van der Waals surface area contributed by atoms with E-state index >= 15 is 0 Å². The van der Waals surface area contributed by atoms with Crippen molar-refractivity contribution in [3.63, 3.8) is 0 Å². The second-order valence-corrected chi connectivity index (χ2v) is 4.07. The number of benzene rings is 2. The minimum absolute atomic E-state index is 0.138. The third-order valence-corrected chi connectivity index (χ3v) is 2.84. The first-order valence-electron chi connectivity index (χ1n) is 5.46. The van der Waals surface area contributed by atoms with E-state index in [1.54, 1.807) is 31.2 Å². The summed E-state index contributed by atoms with van der Waals surface area (Å²) >= 11 is 0. The molecule has 0 aromatic heterocycles. The van der Waals surface area contributed by atoms with Gasteiger partial charge in [-0.05, 0) is 24.1 Å². The molecule has 2 aromatic rings. The Bertz CT molecular complexity index is 609. The fourth-order valence-corrected chi connectivity index (χ4v) is 1.87. The van der Waals surface area contributed by atoms with Crippen LogP contribution in [0.1, 0.15) is 15.9 Å². The lowest BCUT2D eigenvalue weighted by Crippen LogP contribution is -2.15. The van der Waals surface area contributed by atoms with Gasteiger partial charge < -0.3 is 11.5 Å². The van der Waals surface area contributed by atoms with E-state index in [0.717, 1.165) is 0 Å². The van der Waals surface area contributed by atoms with Crippen molar-refractivity contribution in [3.05, 3.63) is 53.3 Å². The van der Waals surface area contributed by atoms with Crippen molar-refractivity contribution in [1.82, 2.24) is 0 Å². The molecule has 0 heterocycles. The SMILES string of the molecule is Cc1cc(C(N)=O)c(F)c(-c2ccccc2)c1N. The number of aryl methyl sites for hydroxylation is 1. The van der Waals surface area contributed by atoms with E-state index in [4.69, 9.17) is 11.5 Å². The van der Waals surface area contributed by atoms with Crippen LogP contribution in [0.25, 0.3) is 11.1 Å². The van der Waals surface area contributed by atoms with Gasteiger partial charge in [0.15, 0.2) is 0 Å². The molecule has 0 unspecified atom stereocenters. The number of amides is 1. The van der Waals surface area contributed by atoms with Gasteiger partial charge in [0.2, 0.25) is 0 Å². The predicted octanol–water partition coefficient (Wildman–Crippen LogP) is 2.48. The first kappa shape index (κ1) is 12.1. The predicted molar refractivity (Wildman–Crippen MR) is 69.5 cm³/mol. The van der Waals surface area contributed by atoms with Gasteiger partial charge in [0.05, 0.1) is 5.56 Å². The Hall–Kier alpha value is -2.36. The summed E-state index contributed by atoms with van der Waals surface area (Å²) < 4.78 is 14.3. The van der Waals surface area contributed by atoms with Gasteiger partial charge >= 0.3 is 0 Å². The molecule has 0 atom stereocenters. The minimum Gasteiger partial charge on any atom is -0.398 e. The van der Waals surface area contributed by atoms with Crippen LogP contribution in [0.5, 0.6) is 0 Å². The third kappa shape index (κ3) is 1.93. The topological polar surface area (TPSA) is 69.1 Å². The monoisotopic (exact) mass is 244 g/mol. The molecule has 0 radical (unpaired) electrons. The molecule has 0 aliphatic heterocycles. The molecule has 0 fully saturated rings. The second kappa shape index (κ2) is 4.49. The Balaban J connectivity index is 2.78. The average molecular weight is 244 g/mol. The molecule has 0 spiro atoms. The highest BCUT2D eigenvalue weighted by Gasteiger charge is 2.18. The van der Waals surface area contributed by atoms with Gasteiger partial charge in [0.1, 0.15) is 5.82 Å². The second-order valence-electron chi connectivity index (χ2n) is 4.07. The summed E-state index contributed by atoms with van der Waals surface area (Å²) in [6.07, 6.45) is 0. The molecule has 0 aliphatic carbocycles. The Labute approximate surface area is 104 Å². The summed E-state index contributed by atoms with van der Waals surface area (Å²) in [6.45, 7) is 1.72. The van der Waals surface area contributed by atoms with Crippen molar-refractivity contribution in [2.24, 2.45) is 5.73 Å². The van der Waals surface area contributed by atoms with Gasteiger partial charge in [0.25, 0.3) is 5.91 Å². The Morgan fingerprint density at radius 2 is 1.83 bits per heavy atom. The van der Waals surface area contributed by atoms with Gasteiger partial charge in [-0.3, -0.25) is 4.79 Å². The average Bonchev–Trinajstić information content (AvgIpc) is 2.35. The number of carbonyl (C=O) groups excluding carboxylic acids is 1. The molecule has 0 saturated heterocycles. The largest absolute Gasteiger partial charge is 0.398 e. The Kier molecular flexibility index (Phi) is 3.02. The lowest BCUT2D eigenvalue weighted by atomic mass is 9.96. The van der Waals surface area contributed by atoms with Crippen molar-refractivity contribution < 1.29 is 9.18 Å². The van der Waals surface area contributed by atoms with Crippen LogP contribution in [-0.2, 0) is 0 Å². The van der Waals surface area contributed by atoms with Crippen molar-refractivity contribution in [2.75, 3.05) is 5.73 Å². The highest BCUT2D eigenvalue weighted by molar-refractivity contribution is 5.97. The first-order valence-corrected chi connectivity index (χ1v) is 5.46. The molecule has 4 N–H and O–H groups in total. The molecule has 92 valence electrons. The van der Waals surface area contributed by atoms with Gasteiger partial charge in [-0.2, -0.15) is 0 Å². The van der Waals surface area contributed by atoms with E-state index < -0.39 is 11.7 Å². The molecule has 3 nitrogen and oxygen atoms in total. The van der Waals surface area contributed by atoms with E-state index in [0.29, 0.717) is 16.8 Å². The van der Waals surface area contributed by atoms with E-state index in [-0.39, 0.29) is 11.1 Å². The maximum absolute atomic E-state index is 14.3. The first-order chi connectivity index (χ1) is 8.52. The van der Waals surface area contributed by atoms with Crippen LogP contribution in [0, 0.1) is 12.7 Å². The molecule has 18 heavy (non-hydrogen) atoms. The van der Waals surface area contributed by atoms with Gasteiger partial charge in [-0.1, -0.05) is 30.3 Å². The molecule has 1 amide bonds. The number of nitrogen functional groups attached to an aromatic ring is 1. The third-order valence-electron chi connectivity index (χ3n) is 2.84. The van der Waals surface area contributed by atoms with Crippen molar-refractivity contribution >= 4 is 11.6 Å². The van der Waals surface area contributed by atoms with Gasteiger partial charge in [0, 0.05) is 11.3 Å². The van der Waals surface area contributed by atoms with Crippen LogP contribution < -0.4 is 11.5 Å². The summed E-state index contributed by atoms with van der Waals surface area (Å²) in [7, 11) is 0. The number of carbonyl (C=O) groups is 1. The molecule has 0 saturated carbocycles. The number of halogens is 1. The fourth-order valence-electron chi connectivity index (χ4n) is 1.87. The molecule has 2 rings (SSSR count). The lowest BCUT2D eigenvalue weighted by Gasteiger charge is -2.12. The summed E-state index contributed by atoms with van der Waals surface area (Å²) in [6, 6.07) is 10.2. The van der Waals surface area contributed by atoms with Crippen LogP contribution in [0.4, 0.5) is 10.1 Å². The fraction of sp³-hybridized carbons (Fsp3) is 0.0714. The summed E-state index contributed by atoms with van der Waals surface area (Å²) in [5.74, 6) is -1.47. The van der Waals surface area contributed by atoms with E-state index in [9.17, 15) is 9.18 Å². The normalized spacial score (nSPS) is 10.3. The van der Waals surface area contributed by atoms with Gasteiger partial charge in [-0.15, -0.1) is 0 Å². The molecule has 0 bridgehead atoms. The number of primary amides is 1. The summed E-state index contributed by atoms with van der Waals surface area (Å²) in [5.41, 5.74) is 12.7. The smallest absolute Gasteiger partial charge is 0.251 e. The van der Waals surface area contributed by atoms with Gasteiger partial charge in [-0.25, -0.2) is 4.39 Å². The Morgan fingerprint density at radius 3 is 2.39 bits per heavy atom. The number of nitrogens with two attached hydrogens (primary N) is 2. The Morgan fingerprint density at radius 1 is 1.22 bits per heavy atom. The van der Waals surface area contributed by atoms with Crippen molar-refractivity contribution in [2.45, 2.75) is 6.92 Å². The van der Waals surface area contributed by atoms with Crippen LogP contribution in [0.15, 0.2) is 36.4 Å². The van der Waals surface area contributed by atoms with Crippen LogP contribution in [-0.4, -0.2) is 5.91 Å². The molecule has 0 aliphatic rings. The van der Waals surface area contributed by atoms with E-state index in [1.807, 2.05) is 6.07 Å². The van der Waals surface area contributed by atoms with E-state index in [2.05, 4.69) is 0 Å². The number of hydrogen-bond acceptors (Lipinski definition) is 2. The summed E-state index contributed by atoms with van der Waals surface area (Å²) in [4.78, 5) is 11.2. The van der Waals surface area contributed by atoms with Crippen LogP contribution in [0.2, 0.25) is 0 Å². The maximum Gasteiger partial charge on any atom is 0.251 e. The highest BCUT2D eigenvalue weighted by Crippen LogP contribution is 2.33. The molecular weight excluding hydrogens is 231 g/mol. The molecular formula is C14H13FN2O. The van der Waals surface area contributed by atoms with Crippen LogP contribution >= 0.6 is 0 Å². The zero-order chi connectivity index (χ0) is 13.3. The number of rotatable bonds is 2. The quantitative estimate of drug-likeness (QED) is 0.797. The highest BCUT2D eigenvalue weighted by atomic mass is 19.1. The maximum atomic E-state index is 14.3. The van der Waals surface area contributed by atoms with Crippen molar-refractivity contribution in [3.8, 4) is 11.1 Å². The molecule has 4 heteroatoms. The zero-order valence-electron chi connectivity index (χ0n) is 9.91.